The van der Waals surface area contributed by atoms with Crippen molar-refractivity contribution >= 4 is 0 Å². The van der Waals surface area contributed by atoms with Crippen LogP contribution in [0, 0.1) is 0 Å². The van der Waals surface area contributed by atoms with Crippen molar-refractivity contribution in [1.29, 1.82) is 0 Å². The summed E-state index contributed by atoms with van der Waals surface area (Å²) < 4.78 is 0. The number of aryl methyl sites for hydroxylation is 1. The molecule has 0 aliphatic rings. The van der Waals surface area contributed by atoms with Gasteiger partial charge in [0.25, 0.3) is 0 Å². The van der Waals surface area contributed by atoms with E-state index in [1.807, 2.05) is 12.1 Å². The third kappa shape index (κ3) is 4.80. The van der Waals surface area contributed by atoms with E-state index in [1.54, 1.807) is 0 Å². The molecule has 0 aliphatic heterocycles. The lowest BCUT2D eigenvalue weighted by atomic mass is 9.97. The fourth-order valence-electron chi connectivity index (χ4n) is 2.32. The van der Waals surface area contributed by atoms with Gasteiger partial charge in [-0.15, -0.1) is 0 Å². The van der Waals surface area contributed by atoms with Crippen LogP contribution in [0.5, 0.6) is 5.75 Å². The van der Waals surface area contributed by atoms with Gasteiger partial charge < -0.3 is 5.11 Å². The Labute approximate surface area is 106 Å². The Bertz CT molecular complexity index is 317. The van der Waals surface area contributed by atoms with Gasteiger partial charge in [-0.3, -0.25) is 0 Å². The smallest absolute Gasteiger partial charge is 0.119 e. The van der Waals surface area contributed by atoms with E-state index >= 15 is 0 Å². The largest absolute Gasteiger partial charge is 0.508 e. The number of hydrogen-bond acceptors (Lipinski definition) is 1. The molecule has 1 N–H and O–H groups in total. The van der Waals surface area contributed by atoms with E-state index in [9.17, 15) is 5.11 Å². The minimum absolute atomic E-state index is 0.492. The monoisotopic (exact) mass is 234 g/mol. The average Bonchev–Trinajstić information content (AvgIpc) is 2.32. The van der Waals surface area contributed by atoms with Crippen LogP contribution in [0.2, 0.25) is 0 Å². The number of rotatable bonds is 8. The molecule has 1 nitrogen and oxygen atoms in total. The van der Waals surface area contributed by atoms with Gasteiger partial charge in [0.15, 0.2) is 0 Å². The Morgan fingerprint density at radius 3 is 2.35 bits per heavy atom. The molecule has 0 fully saturated rings. The maximum atomic E-state index is 9.92. The maximum absolute atomic E-state index is 9.92. The highest BCUT2D eigenvalue weighted by molar-refractivity contribution is 5.39. The molecule has 0 saturated carbocycles. The zero-order valence-corrected chi connectivity index (χ0v) is 11.3. The van der Waals surface area contributed by atoms with Crippen molar-refractivity contribution in [3.63, 3.8) is 0 Å². The molecule has 17 heavy (non-hydrogen) atoms. The molecule has 1 rings (SSSR count). The zero-order chi connectivity index (χ0) is 12.5. The van der Waals surface area contributed by atoms with Crippen LogP contribution >= 0.6 is 0 Å². The molecular weight excluding hydrogens is 208 g/mol. The first kappa shape index (κ1) is 14.1. The van der Waals surface area contributed by atoms with Gasteiger partial charge in [-0.05, 0) is 36.5 Å². The number of aromatic hydroxyl groups is 1. The highest BCUT2D eigenvalue weighted by Crippen LogP contribution is 2.24. The van der Waals surface area contributed by atoms with Crippen LogP contribution in [0.15, 0.2) is 18.2 Å². The van der Waals surface area contributed by atoms with Crippen LogP contribution in [-0.2, 0) is 12.8 Å². The molecule has 0 bridgehead atoms. The zero-order valence-electron chi connectivity index (χ0n) is 11.3. The lowest BCUT2D eigenvalue weighted by Gasteiger charge is -2.10. The fourth-order valence-corrected chi connectivity index (χ4v) is 2.32. The highest BCUT2D eigenvalue weighted by Gasteiger charge is 2.06. The number of phenolic OH excluding ortho intramolecular Hbond substituents is 1. The van der Waals surface area contributed by atoms with Crippen molar-refractivity contribution in [2.75, 3.05) is 0 Å². The van der Waals surface area contributed by atoms with Gasteiger partial charge in [0.05, 0.1) is 0 Å². The van der Waals surface area contributed by atoms with E-state index in [0.29, 0.717) is 5.75 Å². The Kier molecular flexibility index (Phi) is 6.76. The van der Waals surface area contributed by atoms with E-state index in [-0.39, 0.29) is 0 Å². The first-order chi connectivity index (χ1) is 8.29. The third-order valence-corrected chi connectivity index (χ3v) is 3.30. The second-order valence-corrected chi connectivity index (χ2v) is 4.83. The SMILES string of the molecule is CCCCCCCc1c(O)cccc1CCC. The van der Waals surface area contributed by atoms with Crippen molar-refractivity contribution in [2.24, 2.45) is 0 Å². The molecule has 0 amide bonds. The molecule has 0 aromatic heterocycles. The van der Waals surface area contributed by atoms with Gasteiger partial charge in [0, 0.05) is 0 Å². The molecule has 0 heterocycles. The van der Waals surface area contributed by atoms with Crippen LogP contribution in [-0.4, -0.2) is 5.11 Å². The van der Waals surface area contributed by atoms with Crippen molar-refractivity contribution in [3.05, 3.63) is 29.3 Å². The Balaban J connectivity index is 2.50. The Hall–Kier alpha value is -0.980. The van der Waals surface area contributed by atoms with Gasteiger partial charge in [0.2, 0.25) is 0 Å². The molecular formula is C16H26O. The predicted octanol–water partition coefficient (Wildman–Crippen LogP) is 4.86. The van der Waals surface area contributed by atoms with Crippen molar-refractivity contribution in [1.82, 2.24) is 0 Å². The van der Waals surface area contributed by atoms with Crippen LogP contribution < -0.4 is 0 Å². The van der Waals surface area contributed by atoms with E-state index < -0.39 is 0 Å². The Morgan fingerprint density at radius 1 is 0.882 bits per heavy atom. The molecule has 96 valence electrons. The second-order valence-electron chi connectivity index (χ2n) is 4.83. The topological polar surface area (TPSA) is 20.2 Å². The summed E-state index contributed by atoms with van der Waals surface area (Å²) in [7, 11) is 0. The predicted molar refractivity (Wildman–Crippen MR) is 74.6 cm³/mol. The number of phenols is 1. The number of benzene rings is 1. The van der Waals surface area contributed by atoms with Gasteiger partial charge in [-0.2, -0.15) is 0 Å². The third-order valence-electron chi connectivity index (χ3n) is 3.30. The van der Waals surface area contributed by atoms with Crippen molar-refractivity contribution < 1.29 is 5.11 Å². The molecule has 1 aromatic carbocycles. The summed E-state index contributed by atoms with van der Waals surface area (Å²) in [5, 5.41) is 9.92. The normalized spacial score (nSPS) is 10.7. The summed E-state index contributed by atoms with van der Waals surface area (Å²) in [6.07, 6.45) is 9.70. The summed E-state index contributed by atoms with van der Waals surface area (Å²) in [6, 6.07) is 5.94. The highest BCUT2D eigenvalue weighted by atomic mass is 16.3. The van der Waals surface area contributed by atoms with Crippen molar-refractivity contribution in [3.8, 4) is 5.75 Å². The van der Waals surface area contributed by atoms with E-state index in [0.717, 1.165) is 19.3 Å². The second kappa shape index (κ2) is 8.16. The van der Waals surface area contributed by atoms with E-state index in [2.05, 4.69) is 19.9 Å². The van der Waals surface area contributed by atoms with Crippen LogP contribution in [0.25, 0.3) is 0 Å². The number of hydrogen-bond donors (Lipinski definition) is 1. The molecule has 0 radical (unpaired) electrons. The summed E-state index contributed by atoms with van der Waals surface area (Å²) in [6.45, 7) is 4.43. The minimum Gasteiger partial charge on any atom is -0.508 e. The molecule has 0 atom stereocenters. The van der Waals surface area contributed by atoms with Gasteiger partial charge in [0.1, 0.15) is 5.75 Å². The number of unbranched alkanes of at least 4 members (excludes halogenated alkanes) is 4. The van der Waals surface area contributed by atoms with Crippen LogP contribution in [0.4, 0.5) is 0 Å². The van der Waals surface area contributed by atoms with Gasteiger partial charge in [-0.1, -0.05) is 58.1 Å². The van der Waals surface area contributed by atoms with Crippen molar-refractivity contribution in [2.45, 2.75) is 65.2 Å². The lowest BCUT2D eigenvalue weighted by molar-refractivity contribution is 0.464. The fraction of sp³-hybridized carbons (Fsp3) is 0.625. The maximum Gasteiger partial charge on any atom is 0.119 e. The summed E-state index contributed by atoms with van der Waals surface area (Å²) in [4.78, 5) is 0. The van der Waals surface area contributed by atoms with E-state index in [4.69, 9.17) is 0 Å². The lowest BCUT2D eigenvalue weighted by Crippen LogP contribution is -1.95. The molecule has 0 unspecified atom stereocenters. The average molecular weight is 234 g/mol. The summed E-state index contributed by atoms with van der Waals surface area (Å²) in [5.41, 5.74) is 2.52. The van der Waals surface area contributed by atoms with Gasteiger partial charge >= 0.3 is 0 Å². The van der Waals surface area contributed by atoms with Crippen LogP contribution in [0.3, 0.4) is 0 Å². The Morgan fingerprint density at radius 2 is 1.65 bits per heavy atom. The quantitative estimate of drug-likeness (QED) is 0.637. The molecule has 1 heteroatoms. The summed E-state index contributed by atoms with van der Waals surface area (Å²) in [5.74, 6) is 0.492. The summed E-state index contributed by atoms with van der Waals surface area (Å²) >= 11 is 0. The molecule has 1 aromatic rings. The van der Waals surface area contributed by atoms with Crippen LogP contribution in [0.1, 0.15) is 63.5 Å². The van der Waals surface area contributed by atoms with Gasteiger partial charge in [-0.25, -0.2) is 0 Å². The first-order valence-corrected chi connectivity index (χ1v) is 7.09. The van der Waals surface area contributed by atoms with E-state index in [1.165, 1.54) is 43.2 Å². The molecule has 0 saturated heterocycles. The standard InChI is InChI=1S/C16H26O/c1-3-5-6-7-8-12-15-14(10-4-2)11-9-13-16(15)17/h9,11,13,17H,3-8,10,12H2,1-2H3. The first-order valence-electron chi connectivity index (χ1n) is 7.09. The molecule has 0 spiro atoms. The molecule has 0 aliphatic carbocycles. The minimum atomic E-state index is 0.492.